The molecule has 1 aliphatic rings. The van der Waals surface area contributed by atoms with E-state index in [4.69, 9.17) is 4.74 Å². The molecule has 1 saturated heterocycles. The van der Waals surface area contributed by atoms with Crippen LogP contribution in [0.5, 0.6) is 0 Å². The molecule has 17 heavy (non-hydrogen) atoms. The zero-order valence-corrected chi connectivity index (χ0v) is 11.8. The van der Waals surface area contributed by atoms with Crippen LogP contribution in [0.15, 0.2) is 16.6 Å². The Kier molecular flexibility index (Phi) is 4.00. The van der Waals surface area contributed by atoms with E-state index in [0.29, 0.717) is 13.2 Å². The Bertz CT molecular complexity index is 411. The third-order valence-corrected chi connectivity index (χ3v) is 4.56. The summed E-state index contributed by atoms with van der Waals surface area (Å²) in [6, 6.07) is 3.96. The molecule has 0 unspecified atom stereocenters. The second-order valence-electron chi connectivity index (χ2n) is 4.67. The van der Waals surface area contributed by atoms with E-state index in [1.165, 1.54) is 0 Å². The summed E-state index contributed by atoms with van der Waals surface area (Å²) < 4.78 is 6.39. The molecule has 0 saturated carbocycles. The monoisotopic (exact) mass is 296 g/mol. The van der Waals surface area contributed by atoms with Crippen molar-refractivity contribution in [2.24, 2.45) is 5.92 Å². The van der Waals surface area contributed by atoms with Crippen LogP contribution >= 0.6 is 15.9 Å². The summed E-state index contributed by atoms with van der Waals surface area (Å²) in [5.41, 5.74) is 3.09. The number of halogens is 1. The van der Waals surface area contributed by atoms with E-state index in [0.717, 1.165) is 34.0 Å². The SMILES string of the molecule is Cc1cc(C(=O)C2CCOCC2)cc(C)c1Br. The van der Waals surface area contributed by atoms with Crippen LogP contribution in [0, 0.1) is 19.8 Å². The highest BCUT2D eigenvalue weighted by atomic mass is 79.9. The molecule has 0 aromatic heterocycles. The zero-order valence-electron chi connectivity index (χ0n) is 10.3. The smallest absolute Gasteiger partial charge is 0.166 e. The molecule has 0 amide bonds. The molecule has 92 valence electrons. The molecule has 2 rings (SSSR count). The lowest BCUT2D eigenvalue weighted by atomic mass is 9.90. The second-order valence-corrected chi connectivity index (χ2v) is 5.47. The van der Waals surface area contributed by atoms with Gasteiger partial charge in [-0.2, -0.15) is 0 Å². The van der Waals surface area contributed by atoms with E-state index in [1.807, 2.05) is 26.0 Å². The van der Waals surface area contributed by atoms with Gasteiger partial charge >= 0.3 is 0 Å². The normalized spacial score (nSPS) is 17.1. The van der Waals surface area contributed by atoms with E-state index < -0.39 is 0 Å². The number of carbonyl (C=O) groups excluding carboxylic acids is 1. The maximum atomic E-state index is 12.3. The van der Waals surface area contributed by atoms with E-state index in [9.17, 15) is 4.79 Å². The van der Waals surface area contributed by atoms with Crippen molar-refractivity contribution in [3.05, 3.63) is 33.3 Å². The number of Topliss-reactive ketones (excluding diaryl/α,β-unsaturated/α-hetero) is 1. The fourth-order valence-corrected chi connectivity index (χ4v) is 2.51. The largest absolute Gasteiger partial charge is 0.381 e. The Morgan fingerprint density at radius 2 is 1.76 bits per heavy atom. The summed E-state index contributed by atoms with van der Waals surface area (Å²) >= 11 is 3.53. The molecule has 0 atom stereocenters. The van der Waals surface area contributed by atoms with Crippen LogP contribution in [-0.4, -0.2) is 19.0 Å². The topological polar surface area (TPSA) is 26.3 Å². The third-order valence-electron chi connectivity index (χ3n) is 3.31. The van der Waals surface area contributed by atoms with Gasteiger partial charge in [-0.3, -0.25) is 4.79 Å². The first kappa shape index (κ1) is 12.8. The Morgan fingerprint density at radius 1 is 1.24 bits per heavy atom. The predicted octanol–water partition coefficient (Wildman–Crippen LogP) is 3.68. The Labute approximate surface area is 110 Å². The lowest BCUT2D eigenvalue weighted by Gasteiger charge is -2.21. The summed E-state index contributed by atoms with van der Waals surface area (Å²) in [4.78, 5) is 12.3. The van der Waals surface area contributed by atoms with Crippen LogP contribution in [-0.2, 0) is 4.74 Å². The minimum absolute atomic E-state index is 0.142. The van der Waals surface area contributed by atoms with Gasteiger partial charge in [0.05, 0.1) is 0 Å². The van der Waals surface area contributed by atoms with Gasteiger partial charge in [-0.25, -0.2) is 0 Å². The van der Waals surface area contributed by atoms with Crippen LogP contribution in [0.2, 0.25) is 0 Å². The molecule has 0 N–H and O–H groups in total. The number of carbonyl (C=O) groups is 1. The predicted molar refractivity (Wildman–Crippen MR) is 71.5 cm³/mol. The van der Waals surface area contributed by atoms with Crippen molar-refractivity contribution in [2.75, 3.05) is 13.2 Å². The lowest BCUT2D eigenvalue weighted by molar-refractivity contribution is 0.0545. The van der Waals surface area contributed by atoms with Gasteiger partial charge in [-0.1, -0.05) is 15.9 Å². The zero-order chi connectivity index (χ0) is 12.4. The Morgan fingerprint density at radius 3 is 2.29 bits per heavy atom. The number of hydrogen-bond donors (Lipinski definition) is 0. The van der Waals surface area contributed by atoms with Crippen molar-refractivity contribution in [1.82, 2.24) is 0 Å². The molecular formula is C14H17BrO2. The molecule has 0 radical (unpaired) electrons. The van der Waals surface area contributed by atoms with Gasteiger partial charge in [0.2, 0.25) is 0 Å². The summed E-state index contributed by atoms with van der Waals surface area (Å²) in [5.74, 6) is 0.413. The van der Waals surface area contributed by atoms with Gasteiger partial charge in [0, 0.05) is 29.2 Å². The fourth-order valence-electron chi connectivity index (χ4n) is 2.28. The standard InChI is InChI=1S/C14H17BrO2/c1-9-7-12(8-10(2)13(9)15)14(16)11-3-5-17-6-4-11/h7-8,11H,3-6H2,1-2H3. The van der Waals surface area contributed by atoms with Gasteiger partial charge in [-0.05, 0) is 49.9 Å². The molecule has 1 heterocycles. The van der Waals surface area contributed by atoms with Crippen molar-refractivity contribution < 1.29 is 9.53 Å². The number of rotatable bonds is 2. The summed E-state index contributed by atoms with van der Waals surface area (Å²) in [6.07, 6.45) is 1.71. The molecule has 0 aliphatic carbocycles. The molecule has 1 aromatic carbocycles. The third kappa shape index (κ3) is 2.78. The van der Waals surface area contributed by atoms with Gasteiger partial charge in [0.1, 0.15) is 0 Å². The van der Waals surface area contributed by atoms with Crippen LogP contribution in [0.4, 0.5) is 0 Å². The summed E-state index contributed by atoms with van der Waals surface area (Å²) in [7, 11) is 0. The molecule has 2 nitrogen and oxygen atoms in total. The van der Waals surface area contributed by atoms with Crippen molar-refractivity contribution in [3.63, 3.8) is 0 Å². The number of benzene rings is 1. The maximum Gasteiger partial charge on any atom is 0.166 e. The van der Waals surface area contributed by atoms with Crippen LogP contribution in [0.3, 0.4) is 0 Å². The lowest BCUT2D eigenvalue weighted by Crippen LogP contribution is -2.23. The number of hydrogen-bond acceptors (Lipinski definition) is 2. The molecule has 1 fully saturated rings. The first-order valence-corrected chi connectivity index (χ1v) is 6.77. The molecule has 0 spiro atoms. The van der Waals surface area contributed by atoms with Gasteiger partial charge in [0.15, 0.2) is 5.78 Å². The molecule has 3 heteroatoms. The molecule has 0 bridgehead atoms. The Hall–Kier alpha value is -0.670. The second kappa shape index (κ2) is 5.32. The van der Waals surface area contributed by atoms with E-state index in [1.54, 1.807) is 0 Å². The van der Waals surface area contributed by atoms with Gasteiger partial charge < -0.3 is 4.74 Å². The minimum Gasteiger partial charge on any atom is -0.381 e. The summed E-state index contributed by atoms with van der Waals surface area (Å²) in [5, 5.41) is 0. The molecular weight excluding hydrogens is 280 g/mol. The van der Waals surface area contributed by atoms with Crippen molar-refractivity contribution in [1.29, 1.82) is 0 Å². The highest BCUT2D eigenvalue weighted by molar-refractivity contribution is 9.10. The highest BCUT2D eigenvalue weighted by Gasteiger charge is 2.23. The van der Waals surface area contributed by atoms with Crippen LogP contribution in [0.25, 0.3) is 0 Å². The van der Waals surface area contributed by atoms with Crippen molar-refractivity contribution >= 4 is 21.7 Å². The Balaban J connectivity index is 2.24. The minimum atomic E-state index is 0.142. The fraction of sp³-hybridized carbons (Fsp3) is 0.500. The average Bonchev–Trinajstić information content (AvgIpc) is 2.35. The maximum absolute atomic E-state index is 12.3. The molecule has 1 aliphatic heterocycles. The molecule has 1 aromatic rings. The summed E-state index contributed by atoms with van der Waals surface area (Å²) in [6.45, 7) is 5.48. The van der Waals surface area contributed by atoms with E-state index in [-0.39, 0.29) is 11.7 Å². The first-order chi connectivity index (χ1) is 8.09. The first-order valence-electron chi connectivity index (χ1n) is 5.98. The van der Waals surface area contributed by atoms with Crippen molar-refractivity contribution in [3.8, 4) is 0 Å². The van der Waals surface area contributed by atoms with E-state index >= 15 is 0 Å². The highest BCUT2D eigenvalue weighted by Crippen LogP contribution is 2.26. The quantitative estimate of drug-likeness (QED) is 0.778. The van der Waals surface area contributed by atoms with Crippen molar-refractivity contribution in [2.45, 2.75) is 26.7 Å². The van der Waals surface area contributed by atoms with Crippen LogP contribution < -0.4 is 0 Å². The van der Waals surface area contributed by atoms with Gasteiger partial charge in [0.25, 0.3) is 0 Å². The van der Waals surface area contributed by atoms with Crippen LogP contribution in [0.1, 0.15) is 34.3 Å². The average molecular weight is 297 g/mol. The number of ether oxygens (including phenoxy) is 1. The number of aryl methyl sites for hydroxylation is 2. The van der Waals surface area contributed by atoms with E-state index in [2.05, 4.69) is 15.9 Å². The number of ketones is 1. The van der Waals surface area contributed by atoms with Gasteiger partial charge in [-0.15, -0.1) is 0 Å².